The van der Waals surface area contributed by atoms with Crippen molar-refractivity contribution in [2.75, 3.05) is 13.2 Å². The number of carbonyl (C=O) groups is 2. The van der Waals surface area contributed by atoms with Crippen LogP contribution in [0.5, 0.6) is 0 Å². The highest BCUT2D eigenvalue weighted by molar-refractivity contribution is 7.55. The van der Waals surface area contributed by atoms with Crippen LogP contribution in [0.3, 0.4) is 0 Å². The zero-order valence-electron chi connectivity index (χ0n) is 12.6. The summed E-state index contributed by atoms with van der Waals surface area (Å²) in [5.41, 5.74) is -2.19. The molecular weight excluding hydrogens is 287 g/mol. The monoisotopic (exact) mass is 311 g/mol. The van der Waals surface area contributed by atoms with E-state index in [0.717, 1.165) is 0 Å². The summed E-state index contributed by atoms with van der Waals surface area (Å²) >= 11 is 0. The zero-order chi connectivity index (χ0) is 16.0. The van der Waals surface area contributed by atoms with E-state index in [1.54, 1.807) is 34.6 Å². The number of esters is 1. The van der Waals surface area contributed by atoms with E-state index in [1.165, 1.54) is 0 Å². The Hall–Kier alpha value is -0.910. The number of rotatable bonds is 8. The van der Waals surface area contributed by atoms with Gasteiger partial charge in [-0.25, -0.2) is 0 Å². The molecule has 7 nitrogen and oxygen atoms in total. The Balaban J connectivity index is 5.08. The van der Waals surface area contributed by atoms with Gasteiger partial charge in [0.1, 0.15) is 5.60 Å². The molecule has 0 heterocycles. The molecule has 1 atom stereocenters. The maximum absolute atomic E-state index is 12.5. The fourth-order valence-corrected chi connectivity index (χ4v) is 3.28. The Kier molecular flexibility index (Phi) is 7.41. The molecule has 0 rings (SSSR count). The van der Waals surface area contributed by atoms with Gasteiger partial charge in [0, 0.05) is 4.79 Å². The van der Waals surface area contributed by atoms with Crippen molar-refractivity contribution >= 4 is 19.5 Å². The molecule has 0 aliphatic carbocycles. The normalized spacial score (nSPS) is 13.8. The molecule has 118 valence electrons. The molecule has 0 saturated heterocycles. The number of ether oxygens (including phenoxy) is 1. The van der Waals surface area contributed by atoms with Gasteiger partial charge in [0.25, 0.3) is 0 Å². The highest BCUT2D eigenvalue weighted by atomic mass is 31.2. The molecule has 2 N–H and O–H groups in total. The van der Waals surface area contributed by atoms with Crippen molar-refractivity contribution in [1.82, 2.24) is 0 Å². The van der Waals surface area contributed by atoms with Crippen LogP contribution >= 0.6 is 7.60 Å². The molecular formula is C12H24O7P+. The molecule has 0 radical (unpaired) electrons. The van der Waals surface area contributed by atoms with Crippen molar-refractivity contribution in [3.63, 3.8) is 0 Å². The summed E-state index contributed by atoms with van der Waals surface area (Å²) in [5, 5.41) is 7.19. The fraction of sp³-hybridized carbons (Fsp3) is 0.833. The number of hydrogen-bond donors (Lipinski definition) is 0. The molecule has 0 fully saturated rings. The largest absolute Gasteiger partial charge is 0.564 e. The second kappa shape index (κ2) is 7.76. The Morgan fingerprint density at radius 2 is 1.60 bits per heavy atom. The molecule has 0 aromatic heterocycles. The topological polar surface area (TPSA) is 102 Å². The summed E-state index contributed by atoms with van der Waals surface area (Å²) in [6, 6.07) is 0. The molecule has 0 spiro atoms. The highest BCUT2D eigenvalue weighted by Gasteiger charge is 2.48. The van der Waals surface area contributed by atoms with Gasteiger partial charge in [0.15, 0.2) is 0 Å². The van der Waals surface area contributed by atoms with E-state index < -0.39 is 37.2 Å². The fourth-order valence-electron chi connectivity index (χ4n) is 1.47. The lowest BCUT2D eigenvalue weighted by Crippen LogP contribution is -2.31. The third kappa shape index (κ3) is 6.50. The second-order valence-corrected chi connectivity index (χ2v) is 7.27. The van der Waals surface area contributed by atoms with Crippen molar-refractivity contribution < 1.29 is 33.0 Å². The van der Waals surface area contributed by atoms with Crippen LogP contribution in [0.2, 0.25) is 0 Å². The van der Waals surface area contributed by atoms with Crippen LogP contribution in [0, 0.1) is 0 Å². The third-order valence-electron chi connectivity index (χ3n) is 2.08. The summed E-state index contributed by atoms with van der Waals surface area (Å²) in [6.07, 6.45) is -0.503. The average Bonchev–Trinajstić information content (AvgIpc) is 2.23. The maximum Gasteiger partial charge on any atom is 0.532 e. The molecule has 0 aliphatic heterocycles. The molecule has 0 saturated carbocycles. The van der Waals surface area contributed by atoms with Crippen LogP contribution in [0.4, 0.5) is 0 Å². The minimum absolute atomic E-state index is 0.0510. The SMILES string of the molecule is CCOP(=O)(OCC)C(CC(=O)OC(C)(C)C)C(=O)[OH2+]. The third-order valence-corrected chi connectivity index (χ3v) is 4.50. The van der Waals surface area contributed by atoms with Crippen LogP contribution in [0.25, 0.3) is 0 Å². The Labute approximate surface area is 119 Å². The predicted molar refractivity (Wildman–Crippen MR) is 73.7 cm³/mol. The molecule has 0 aromatic rings. The van der Waals surface area contributed by atoms with Crippen LogP contribution in [-0.4, -0.2) is 41.5 Å². The molecule has 0 aromatic carbocycles. The lowest BCUT2D eigenvalue weighted by Gasteiger charge is -2.23. The van der Waals surface area contributed by atoms with Gasteiger partial charge >= 0.3 is 19.5 Å². The zero-order valence-corrected chi connectivity index (χ0v) is 13.5. The van der Waals surface area contributed by atoms with Crippen LogP contribution < -0.4 is 0 Å². The van der Waals surface area contributed by atoms with Crippen molar-refractivity contribution in [2.24, 2.45) is 0 Å². The first-order valence-corrected chi connectivity index (χ1v) is 8.03. The van der Waals surface area contributed by atoms with E-state index in [1.807, 2.05) is 0 Å². The molecule has 0 bridgehead atoms. The molecule has 20 heavy (non-hydrogen) atoms. The lowest BCUT2D eigenvalue weighted by molar-refractivity contribution is -0.157. The van der Waals surface area contributed by atoms with Crippen molar-refractivity contribution in [3.05, 3.63) is 0 Å². The summed E-state index contributed by atoms with van der Waals surface area (Å²) < 4.78 is 27.5. The lowest BCUT2D eigenvalue weighted by atomic mass is 10.2. The predicted octanol–water partition coefficient (Wildman–Crippen LogP) is 1.60. The Morgan fingerprint density at radius 1 is 1.15 bits per heavy atom. The van der Waals surface area contributed by atoms with E-state index in [2.05, 4.69) is 0 Å². The quantitative estimate of drug-likeness (QED) is 0.383. The van der Waals surface area contributed by atoms with E-state index in [-0.39, 0.29) is 13.2 Å². The summed E-state index contributed by atoms with van der Waals surface area (Å²) in [4.78, 5) is 23.1. The van der Waals surface area contributed by atoms with Gasteiger partial charge in [-0.2, -0.15) is 0 Å². The van der Waals surface area contributed by atoms with Gasteiger partial charge in [-0.3, -0.25) is 9.36 Å². The Morgan fingerprint density at radius 3 is 1.90 bits per heavy atom. The molecule has 8 heteroatoms. The summed E-state index contributed by atoms with van der Waals surface area (Å²) in [5.74, 6) is -1.89. The minimum atomic E-state index is -3.84. The summed E-state index contributed by atoms with van der Waals surface area (Å²) in [7, 11) is -3.84. The average molecular weight is 311 g/mol. The van der Waals surface area contributed by atoms with Gasteiger partial charge < -0.3 is 18.9 Å². The number of hydrogen-bond acceptors (Lipinski definition) is 6. The van der Waals surface area contributed by atoms with Crippen molar-refractivity contribution in [2.45, 2.75) is 52.3 Å². The second-order valence-electron chi connectivity index (χ2n) is 5.05. The Bertz CT molecular complexity index is 376. The standard InChI is InChI=1S/C12H23O7P/c1-6-17-20(16,18-7-2)9(11(14)15)8-10(13)19-12(3,4)5/h9H,6-8H2,1-5H3,(H,14,15)/p+1. The van der Waals surface area contributed by atoms with Gasteiger partial charge in [-0.1, -0.05) is 0 Å². The van der Waals surface area contributed by atoms with Crippen LogP contribution in [0.15, 0.2) is 0 Å². The first-order chi connectivity index (χ1) is 9.05. The maximum atomic E-state index is 12.5. The van der Waals surface area contributed by atoms with Gasteiger partial charge in [-0.05, 0) is 34.6 Å². The molecule has 0 aliphatic rings. The molecule has 1 unspecified atom stereocenters. The van der Waals surface area contributed by atoms with Crippen LogP contribution in [0.1, 0.15) is 41.0 Å². The molecule has 0 amide bonds. The summed E-state index contributed by atoms with van der Waals surface area (Å²) in [6.45, 7) is 8.30. The van der Waals surface area contributed by atoms with Crippen LogP contribution in [-0.2, 0) is 27.9 Å². The number of carbonyl (C=O) groups excluding carboxylic acids is 2. The van der Waals surface area contributed by atoms with E-state index in [4.69, 9.17) is 18.9 Å². The first-order valence-electron chi connectivity index (χ1n) is 6.41. The van der Waals surface area contributed by atoms with Crippen molar-refractivity contribution in [1.29, 1.82) is 0 Å². The van der Waals surface area contributed by atoms with Crippen molar-refractivity contribution in [3.8, 4) is 0 Å². The smallest absolute Gasteiger partial charge is 0.532 e. The van der Waals surface area contributed by atoms with E-state index in [9.17, 15) is 14.2 Å². The van der Waals surface area contributed by atoms with Gasteiger partial charge in [-0.15, -0.1) is 0 Å². The van der Waals surface area contributed by atoms with Gasteiger partial charge in [0.05, 0.1) is 19.6 Å². The first kappa shape index (κ1) is 19.1. The minimum Gasteiger partial charge on any atom is -0.564 e. The van der Waals surface area contributed by atoms with E-state index >= 15 is 0 Å². The highest BCUT2D eigenvalue weighted by Crippen LogP contribution is 2.54. The van der Waals surface area contributed by atoms with Gasteiger partial charge in [0.2, 0.25) is 5.66 Å². The van der Waals surface area contributed by atoms with E-state index in [0.29, 0.717) is 0 Å².